The van der Waals surface area contributed by atoms with Crippen molar-refractivity contribution in [3.05, 3.63) is 161 Å². The van der Waals surface area contributed by atoms with E-state index in [-0.39, 0.29) is 97.4 Å². The Morgan fingerprint density at radius 2 is 0.667 bits per heavy atom. The third-order valence-corrected chi connectivity index (χ3v) is 16.8. The van der Waals surface area contributed by atoms with E-state index < -0.39 is 96.5 Å². The lowest BCUT2D eigenvalue weighted by Crippen LogP contribution is -2.41. The summed E-state index contributed by atoms with van der Waals surface area (Å²) in [7, 11) is -4.67. The standard InChI is InChI=1S/C57H50O21S3/c1-2-57(76-33-67-21-24-70-51(58)30-73-36-15-18-48-42(27-36)54(61)39-9-3-6-12-45(39)79(48)64,77-34-68-22-25-71-52(59)31-74-37-16-19-49-43(28-37)55(62)40-10-4-7-13-46(40)80(49)65)78-35-69-23-26-72-53(60)32-75-38-17-20-50-44(29-38)56(63)41-11-5-8-14-47(41)81(50)66/h3-20,27-29H,2,21-26,30-35H2,1H3. The van der Waals surface area contributed by atoms with Crippen LogP contribution in [0.1, 0.15) is 61.1 Å². The molecule has 0 saturated carbocycles. The van der Waals surface area contributed by atoms with Gasteiger partial charge in [-0.2, -0.15) is 0 Å². The molecule has 3 heterocycles. The lowest BCUT2D eigenvalue weighted by molar-refractivity contribution is -0.427. The molecule has 3 atom stereocenters. The lowest BCUT2D eigenvalue weighted by Gasteiger charge is -2.31. The number of rotatable bonds is 28. The quantitative estimate of drug-likeness (QED) is 0.0235. The number of carbonyl (C=O) groups excluding carboxylic acids is 6. The van der Waals surface area contributed by atoms with Gasteiger partial charge < -0.3 is 56.8 Å². The maximum Gasteiger partial charge on any atom is 0.344 e. The van der Waals surface area contributed by atoms with Crippen LogP contribution in [0.25, 0.3) is 0 Å². The van der Waals surface area contributed by atoms with Crippen LogP contribution in [0.2, 0.25) is 0 Å². The maximum atomic E-state index is 13.1. The van der Waals surface area contributed by atoms with Crippen LogP contribution in [-0.2, 0) is 89.4 Å². The molecular formula is C57H50O21S3. The van der Waals surface area contributed by atoms with E-state index in [0.29, 0.717) is 46.1 Å². The number of benzene rings is 6. The number of carbonyl (C=O) groups is 6. The van der Waals surface area contributed by atoms with E-state index in [1.54, 1.807) is 79.7 Å². The van der Waals surface area contributed by atoms with Crippen LogP contribution in [0.5, 0.6) is 17.2 Å². The molecule has 81 heavy (non-hydrogen) atoms. The SMILES string of the molecule is CCC(OCOCCOC(=O)COc1ccc2c(c1)C(=O)c1ccccc1S2=O)(OCOCCOC(=O)COc1ccc2c(c1)C(=O)c1ccccc1S2=O)OCOCCOC(=O)COc1ccc2c(c1)C(=O)c1ccccc1S2=O. The summed E-state index contributed by atoms with van der Waals surface area (Å²) >= 11 is 0. The first kappa shape index (κ1) is 58.0. The van der Waals surface area contributed by atoms with Gasteiger partial charge in [0.2, 0.25) is 0 Å². The number of fused-ring (bicyclic) bond motifs is 6. The fourth-order valence-electron chi connectivity index (χ4n) is 8.25. The molecule has 0 aliphatic carbocycles. The second kappa shape index (κ2) is 27.2. The summed E-state index contributed by atoms with van der Waals surface area (Å²) in [4.78, 5) is 79.2. The van der Waals surface area contributed by atoms with Gasteiger partial charge in [0.25, 0.3) is 5.97 Å². The van der Waals surface area contributed by atoms with Crippen LogP contribution in [0.4, 0.5) is 0 Å². The van der Waals surface area contributed by atoms with E-state index >= 15 is 0 Å². The Balaban J connectivity index is 0.698. The summed E-state index contributed by atoms with van der Waals surface area (Å²) in [5.74, 6) is -4.40. The number of esters is 3. The largest absolute Gasteiger partial charge is 0.482 e. The number of ketones is 3. The van der Waals surface area contributed by atoms with Gasteiger partial charge >= 0.3 is 17.9 Å². The summed E-state index contributed by atoms with van der Waals surface area (Å²) in [6, 6.07) is 33.3. The van der Waals surface area contributed by atoms with Crippen LogP contribution in [0.15, 0.2) is 157 Å². The first-order valence-corrected chi connectivity index (χ1v) is 28.4. The van der Waals surface area contributed by atoms with Crippen molar-refractivity contribution in [3.8, 4) is 17.2 Å². The van der Waals surface area contributed by atoms with Crippen molar-refractivity contribution in [2.75, 3.05) is 79.8 Å². The third-order valence-electron chi connectivity index (χ3n) is 12.2. The molecule has 24 heteroatoms. The normalized spacial score (nSPS) is 16.3. The van der Waals surface area contributed by atoms with Gasteiger partial charge in [-0.05, 0) is 91.0 Å². The Morgan fingerprint density at radius 1 is 0.383 bits per heavy atom. The maximum absolute atomic E-state index is 13.1. The molecule has 6 aromatic rings. The zero-order valence-electron chi connectivity index (χ0n) is 43.1. The molecule has 0 aromatic heterocycles. The first-order valence-electron chi connectivity index (χ1n) is 24.9. The molecule has 0 spiro atoms. The molecule has 0 N–H and O–H groups in total. The van der Waals surface area contributed by atoms with Crippen LogP contribution >= 0.6 is 0 Å². The zero-order chi connectivity index (χ0) is 56.9. The molecular weight excluding hydrogens is 1120 g/mol. The fraction of sp³-hybridized carbons (Fsp3) is 0.263. The van der Waals surface area contributed by atoms with Crippen LogP contribution in [-0.4, -0.2) is 134 Å². The van der Waals surface area contributed by atoms with Crippen LogP contribution in [0.3, 0.4) is 0 Å². The minimum Gasteiger partial charge on any atom is -0.482 e. The lowest BCUT2D eigenvalue weighted by atomic mass is 10.0. The predicted octanol–water partition coefficient (Wildman–Crippen LogP) is 6.02. The zero-order valence-corrected chi connectivity index (χ0v) is 45.6. The van der Waals surface area contributed by atoms with Gasteiger partial charge in [0.1, 0.15) is 37.1 Å². The molecule has 0 saturated heterocycles. The van der Waals surface area contributed by atoms with Crippen LogP contribution in [0, 0.1) is 0 Å². The topological polar surface area (TPSA) is 264 Å². The smallest absolute Gasteiger partial charge is 0.344 e. The molecule has 422 valence electrons. The summed E-state index contributed by atoms with van der Waals surface area (Å²) in [5.41, 5.74) is 1.62. The molecule has 6 aromatic carbocycles. The van der Waals surface area contributed by atoms with E-state index in [9.17, 15) is 41.4 Å². The molecule has 3 unspecified atom stereocenters. The monoisotopic (exact) mass is 1170 g/mol. The van der Waals surface area contributed by atoms with Crippen molar-refractivity contribution in [1.29, 1.82) is 0 Å². The van der Waals surface area contributed by atoms with Gasteiger partial charge in [0.05, 0.1) is 81.6 Å². The fourth-order valence-corrected chi connectivity index (χ4v) is 12.3. The highest BCUT2D eigenvalue weighted by Gasteiger charge is 2.34. The van der Waals surface area contributed by atoms with E-state index in [1.165, 1.54) is 54.6 Å². The van der Waals surface area contributed by atoms with Gasteiger partial charge in [0, 0.05) is 39.8 Å². The molecule has 0 bridgehead atoms. The summed E-state index contributed by atoms with van der Waals surface area (Å²) in [6.07, 6.45) is 0.0399. The minimum absolute atomic E-state index is 0.0399. The van der Waals surface area contributed by atoms with Crippen molar-refractivity contribution in [1.82, 2.24) is 0 Å². The third kappa shape index (κ3) is 13.9. The van der Waals surface area contributed by atoms with Gasteiger partial charge in [0.15, 0.2) is 57.5 Å². The van der Waals surface area contributed by atoms with E-state index in [4.69, 9.17) is 56.8 Å². The molecule has 3 aliphatic heterocycles. The number of ether oxygens (including phenoxy) is 12. The minimum atomic E-state index is -1.85. The number of hydrogen-bond acceptors (Lipinski definition) is 21. The Labute approximate surface area is 470 Å². The van der Waals surface area contributed by atoms with Crippen LogP contribution < -0.4 is 14.2 Å². The van der Waals surface area contributed by atoms with Crippen molar-refractivity contribution in [3.63, 3.8) is 0 Å². The molecule has 3 aliphatic rings. The summed E-state index contributed by atoms with van der Waals surface area (Å²) in [5, 5.41) is 0. The van der Waals surface area contributed by atoms with Gasteiger partial charge in [-0.15, -0.1) is 0 Å². The Kier molecular flexibility index (Phi) is 19.5. The van der Waals surface area contributed by atoms with Gasteiger partial charge in [-0.1, -0.05) is 43.3 Å². The van der Waals surface area contributed by atoms with Gasteiger partial charge in [-0.25, -0.2) is 27.0 Å². The average molecular weight is 1170 g/mol. The molecule has 0 amide bonds. The predicted molar refractivity (Wildman–Crippen MR) is 281 cm³/mol. The van der Waals surface area contributed by atoms with E-state index in [0.717, 1.165) is 0 Å². The number of hydrogen-bond donors (Lipinski definition) is 0. The van der Waals surface area contributed by atoms with Crippen molar-refractivity contribution in [2.24, 2.45) is 0 Å². The Hall–Kier alpha value is -7.65. The summed E-state index contributed by atoms with van der Waals surface area (Å²) < 4.78 is 106. The Bertz CT molecular complexity index is 3100. The molecule has 0 fully saturated rings. The van der Waals surface area contributed by atoms with Crippen molar-refractivity contribution >= 4 is 67.7 Å². The highest BCUT2D eigenvalue weighted by molar-refractivity contribution is 7.86. The van der Waals surface area contributed by atoms with Crippen molar-refractivity contribution < 1.29 is 98.2 Å². The Morgan fingerprint density at radius 3 is 0.963 bits per heavy atom. The van der Waals surface area contributed by atoms with Gasteiger partial charge in [-0.3, -0.25) is 14.4 Å². The average Bonchev–Trinajstić information content (AvgIpc) is 3.66. The molecule has 0 radical (unpaired) electrons. The van der Waals surface area contributed by atoms with E-state index in [1.807, 2.05) is 0 Å². The molecule has 9 rings (SSSR count). The first-order chi connectivity index (χ1) is 39.3. The molecule has 21 nitrogen and oxygen atoms in total. The summed E-state index contributed by atoms with van der Waals surface area (Å²) in [6.45, 7) is -2.21. The highest BCUT2D eigenvalue weighted by atomic mass is 32.2. The van der Waals surface area contributed by atoms with Crippen molar-refractivity contribution in [2.45, 2.75) is 48.7 Å². The highest BCUT2D eigenvalue weighted by Crippen LogP contribution is 2.36. The van der Waals surface area contributed by atoms with E-state index in [2.05, 4.69) is 0 Å². The second-order valence-corrected chi connectivity index (χ2v) is 21.6. The second-order valence-electron chi connectivity index (χ2n) is 17.3.